The van der Waals surface area contributed by atoms with Gasteiger partial charge in [-0.25, -0.2) is 4.98 Å². The highest BCUT2D eigenvalue weighted by atomic mass is 35.5. The zero-order valence-corrected chi connectivity index (χ0v) is 18.2. The first-order valence-electron chi connectivity index (χ1n) is 10.1. The summed E-state index contributed by atoms with van der Waals surface area (Å²) < 4.78 is 39.3. The van der Waals surface area contributed by atoms with Crippen LogP contribution in [0.15, 0.2) is 18.2 Å². The summed E-state index contributed by atoms with van der Waals surface area (Å²) in [4.78, 5) is 22.2. The van der Waals surface area contributed by atoms with Gasteiger partial charge in [-0.15, -0.1) is 11.3 Å². The topological polar surface area (TPSA) is 36.4 Å². The van der Waals surface area contributed by atoms with E-state index in [1.54, 1.807) is 6.92 Å². The van der Waals surface area contributed by atoms with Crippen molar-refractivity contribution in [3.05, 3.63) is 39.4 Å². The largest absolute Gasteiger partial charge is 0.416 e. The van der Waals surface area contributed by atoms with Crippen molar-refractivity contribution < 1.29 is 18.0 Å². The number of thiazole rings is 1. The highest BCUT2D eigenvalue weighted by Crippen LogP contribution is 2.38. The molecule has 1 saturated heterocycles. The van der Waals surface area contributed by atoms with Gasteiger partial charge in [0.05, 0.1) is 16.3 Å². The van der Waals surface area contributed by atoms with Crippen LogP contribution in [0.2, 0.25) is 5.02 Å². The van der Waals surface area contributed by atoms with Crippen LogP contribution >= 0.6 is 22.9 Å². The highest BCUT2D eigenvalue weighted by molar-refractivity contribution is 7.17. The van der Waals surface area contributed by atoms with E-state index in [0.717, 1.165) is 36.6 Å². The minimum Gasteiger partial charge on any atom is -0.335 e. The zero-order chi connectivity index (χ0) is 21.5. The number of hydrogen-bond donors (Lipinski definition) is 0. The molecule has 162 valence electrons. The maximum atomic E-state index is 13.1. The van der Waals surface area contributed by atoms with Gasteiger partial charge >= 0.3 is 6.18 Å². The predicted octanol–water partition coefficient (Wildman–Crippen LogP) is 5.49. The molecule has 1 aliphatic carbocycles. The summed E-state index contributed by atoms with van der Waals surface area (Å²) in [6.07, 6.45) is 0.574. The Morgan fingerprint density at radius 2 is 1.83 bits per heavy atom. The van der Waals surface area contributed by atoms with Crippen LogP contribution in [0.1, 0.15) is 46.6 Å². The summed E-state index contributed by atoms with van der Waals surface area (Å²) >= 11 is 7.25. The van der Waals surface area contributed by atoms with Gasteiger partial charge in [0.2, 0.25) is 0 Å². The lowest BCUT2D eigenvalue weighted by molar-refractivity contribution is -0.137. The standard InChI is InChI=1S/C21H23ClF3N3OS/c1-13-18(20(29)28-10-8-27(9-11-28)15-4-2-3-5-15)30-19(26-13)16-12-14(21(23,24)25)6-7-17(16)22/h6-7,12,15H,2-5,8-11H2,1H3. The van der Waals surface area contributed by atoms with Crippen LogP contribution in [-0.2, 0) is 6.18 Å². The smallest absolute Gasteiger partial charge is 0.335 e. The molecule has 1 aromatic heterocycles. The number of benzene rings is 1. The molecule has 0 N–H and O–H groups in total. The number of halogens is 4. The SMILES string of the molecule is Cc1nc(-c2cc(C(F)(F)F)ccc2Cl)sc1C(=O)N1CCN(C2CCCC2)CC1. The molecule has 4 nitrogen and oxygen atoms in total. The lowest BCUT2D eigenvalue weighted by atomic mass is 10.1. The molecule has 30 heavy (non-hydrogen) atoms. The summed E-state index contributed by atoms with van der Waals surface area (Å²) in [7, 11) is 0. The molecule has 2 heterocycles. The summed E-state index contributed by atoms with van der Waals surface area (Å²) in [6.45, 7) is 4.75. The van der Waals surface area contributed by atoms with Crippen LogP contribution in [0.3, 0.4) is 0 Å². The van der Waals surface area contributed by atoms with Crippen molar-refractivity contribution >= 4 is 28.8 Å². The second-order valence-electron chi connectivity index (χ2n) is 7.89. The summed E-state index contributed by atoms with van der Waals surface area (Å²) in [5.41, 5.74) is -0.0675. The fraction of sp³-hybridized carbons (Fsp3) is 0.524. The Bertz CT molecular complexity index is 932. The van der Waals surface area contributed by atoms with E-state index in [1.165, 1.54) is 31.7 Å². The number of piperazine rings is 1. The Balaban J connectivity index is 1.51. The van der Waals surface area contributed by atoms with Crippen LogP contribution in [0, 0.1) is 6.92 Å². The van der Waals surface area contributed by atoms with Gasteiger partial charge in [0.15, 0.2) is 0 Å². The molecule has 4 rings (SSSR count). The van der Waals surface area contributed by atoms with E-state index in [-0.39, 0.29) is 16.5 Å². The molecule has 0 radical (unpaired) electrons. The quantitative estimate of drug-likeness (QED) is 0.611. The summed E-state index contributed by atoms with van der Waals surface area (Å²) in [6, 6.07) is 3.81. The van der Waals surface area contributed by atoms with Crippen molar-refractivity contribution in [1.82, 2.24) is 14.8 Å². The molecule has 0 unspecified atom stereocenters. The second kappa shape index (κ2) is 8.48. The molecule has 1 saturated carbocycles. The fourth-order valence-electron chi connectivity index (χ4n) is 4.28. The van der Waals surface area contributed by atoms with Gasteiger partial charge in [-0.2, -0.15) is 13.2 Å². The molecule has 1 aromatic carbocycles. The first kappa shape index (κ1) is 21.6. The molecule has 0 atom stereocenters. The fourth-order valence-corrected chi connectivity index (χ4v) is 5.61. The van der Waals surface area contributed by atoms with Crippen molar-refractivity contribution in [1.29, 1.82) is 0 Å². The maximum absolute atomic E-state index is 13.1. The zero-order valence-electron chi connectivity index (χ0n) is 16.6. The Morgan fingerprint density at radius 3 is 2.47 bits per heavy atom. The number of alkyl halides is 3. The molecular formula is C21H23ClF3N3OS. The molecule has 2 aliphatic rings. The molecule has 0 bridgehead atoms. The molecular weight excluding hydrogens is 435 g/mol. The van der Waals surface area contributed by atoms with Gasteiger partial charge < -0.3 is 4.90 Å². The highest BCUT2D eigenvalue weighted by Gasteiger charge is 2.32. The number of carbonyl (C=O) groups is 1. The van der Waals surface area contributed by atoms with E-state index in [1.807, 2.05) is 4.90 Å². The number of aromatic nitrogens is 1. The monoisotopic (exact) mass is 457 g/mol. The Labute approximate surface area is 182 Å². The van der Waals surface area contributed by atoms with Gasteiger partial charge in [0, 0.05) is 37.8 Å². The first-order chi connectivity index (χ1) is 14.2. The molecule has 0 spiro atoms. The number of carbonyl (C=O) groups excluding carboxylic acids is 1. The van der Waals surface area contributed by atoms with Crippen LogP contribution in [0.25, 0.3) is 10.6 Å². The molecule has 1 aliphatic heterocycles. The Morgan fingerprint density at radius 1 is 1.17 bits per heavy atom. The normalized spacial score (nSPS) is 18.9. The third kappa shape index (κ3) is 4.36. The van der Waals surface area contributed by atoms with Crippen LogP contribution in [-0.4, -0.2) is 52.9 Å². The van der Waals surface area contributed by atoms with Gasteiger partial charge in [0.1, 0.15) is 9.88 Å². The first-order valence-corrected chi connectivity index (χ1v) is 11.3. The molecule has 2 aromatic rings. The van der Waals surface area contributed by atoms with Gasteiger partial charge in [-0.3, -0.25) is 9.69 Å². The van der Waals surface area contributed by atoms with Crippen molar-refractivity contribution in [2.75, 3.05) is 26.2 Å². The van der Waals surface area contributed by atoms with E-state index in [0.29, 0.717) is 34.7 Å². The third-order valence-corrected chi connectivity index (χ3v) is 7.47. The van der Waals surface area contributed by atoms with Crippen LogP contribution < -0.4 is 0 Å². The summed E-state index contributed by atoms with van der Waals surface area (Å²) in [5.74, 6) is -0.106. The lowest BCUT2D eigenvalue weighted by Gasteiger charge is -2.37. The van der Waals surface area contributed by atoms with E-state index < -0.39 is 11.7 Å². The Kier molecular flexibility index (Phi) is 6.10. The number of aryl methyl sites for hydroxylation is 1. The number of nitrogens with zero attached hydrogens (tertiary/aromatic N) is 3. The Hall–Kier alpha value is -1.64. The third-order valence-electron chi connectivity index (χ3n) is 5.96. The maximum Gasteiger partial charge on any atom is 0.416 e. The molecule has 2 fully saturated rings. The van der Waals surface area contributed by atoms with Crippen molar-refractivity contribution in [3.8, 4) is 10.6 Å². The number of rotatable bonds is 3. The van der Waals surface area contributed by atoms with Crippen LogP contribution in [0.5, 0.6) is 0 Å². The van der Waals surface area contributed by atoms with Gasteiger partial charge in [-0.05, 0) is 38.0 Å². The minimum atomic E-state index is -4.47. The summed E-state index contributed by atoms with van der Waals surface area (Å²) in [5, 5.41) is 0.512. The van der Waals surface area contributed by atoms with E-state index in [2.05, 4.69) is 9.88 Å². The number of hydrogen-bond acceptors (Lipinski definition) is 4. The van der Waals surface area contributed by atoms with E-state index in [4.69, 9.17) is 11.6 Å². The van der Waals surface area contributed by atoms with E-state index in [9.17, 15) is 18.0 Å². The predicted molar refractivity (Wildman–Crippen MR) is 112 cm³/mol. The average Bonchev–Trinajstić information content (AvgIpc) is 3.37. The van der Waals surface area contributed by atoms with Crippen molar-refractivity contribution in [2.45, 2.75) is 44.8 Å². The molecule has 9 heteroatoms. The molecule has 1 amide bonds. The van der Waals surface area contributed by atoms with Gasteiger partial charge in [-0.1, -0.05) is 24.4 Å². The minimum absolute atomic E-state index is 0.106. The van der Waals surface area contributed by atoms with E-state index >= 15 is 0 Å². The second-order valence-corrected chi connectivity index (χ2v) is 9.30. The average molecular weight is 458 g/mol. The number of amides is 1. The van der Waals surface area contributed by atoms with Crippen molar-refractivity contribution in [2.24, 2.45) is 0 Å². The van der Waals surface area contributed by atoms with Gasteiger partial charge in [0.25, 0.3) is 5.91 Å². The van der Waals surface area contributed by atoms with Crippen molar-refractivity contribution in [3.63, 3.8) is 0 Å². The lowest BCUT2D eigenvalue weighted by Crippen LogP contribution is -2.51. The van der Waals surface area contributed by atoms with Crippen LogP contribution in [0.4, 0.5) is 13.2 Å².